The second-order valence-corrected chi connectivity index (χ2v) is 5.01. The van der Waals surface area contributed by atoms with Crippen LogP contribution in [-0.4, -0.2) is 32.9 Å². The average Bonchev–Trinajstić information content (AvgIpc) is 2.26. The van der Waals surface area contributed by atoms with Crippen molar-refractivity contribution in [1.82, 2.24) is 15.1 Å². The minimum absolute atomic E-state index is 0.0755. The molecule has 0 unspecified atom stereocenters. The Hall–Kier alpha value is -1.69. The first-order valence-corrected chi connectivity index (χ1v) is 5.67. The highest BCUT2D eigenvalue weighted by molar-refractivity contribution is 5.95. The van der Waals surface area contributed by atoms with Gasteiger partial charge in [0, 0.05) is 7.05 Å². The normalized spacial score (nSPS) is 11.4. The fourth-order valence-corrected chi connectivity index (χ4v) is 1.53. The maximum absolute atomic E-state index is 12.1. The van der Waals surface area contributed by atoms with E-state index in [2.05, 4.69) is 10.4 Å². The first-order chi connectivity index (χ1) is 8.19. The topological polar surface area (TPSA) is 84.2 Å². The minimum atomic E-state index is -0.772. The van der Waals surface area contributed by atoms with Gasteiger partial charge in [0.1, 0.15) is 5.56 Å². The van der Waals surface area contributed by atoms with Crippen molar-refractivity contribution in [2.45, 2.75) is 33.2 Å². The van der Waals surface area contributed by atoms with Crippen molar-refractivity contribution >= 4 is 5.91 Å². The quantitative estimate of drug-likeness (QED) is 0.787. The number of aliphatic hydroxyl groups excluding tert-OH is 1. The summed E-state index contributed by atoms with van der Waals surface area (Å²) in [5.41, 5.74) is 0.0513. The van der Waals surface area contributed by atoms with Crippen LogP contribution in [0.4, 0.5) is 0 Å². The molecule has 1 heterocycles. The van der Waals surface area contributed by atoms with Gasteiger partial charge in [-0.3, -0.25) is 9.59 Å². The Morgan fingerprint density at radius 3 is 2.50 bits per heavy atom. The van der Waals surface area contributed by atoms with Crippen molar-refractivity contribution in [2.24, 2.45) is 7.05 Å². The van der Waals surface area contributed by atoms with Crippen molar-refractivity contribution in [1.29, 1.82) is 0 Å². The van der Waals surface area contributed by atoms with Crippen molar-refractivity contribution in [3.63, 3.8) is 0 Å². The van der Waals surface area contributed by atoms with Crippen molar-refractivity contribution in [2.75, 3.05) is 6.61 Å². The van der Waals surface area contributed by atoms with Gasteiger partial charge in [-0.2, -0.15) is 5.10 Å². The minimum Gasteiger partial charge on any atom is -0.394 e. The van der Waals surface area contributed by atoms with Crippen LogP contribution in [0.2, 0.25) is 0 Å². The molecule has 1 aromatic heterocycles. The number of hydrogen-bond acceptors (Lipinski definition) is 4. The van der Waals surface area contributed by atoms with E-state index in [9.17, 15) is 9.59 Å². The highest BCUT2D eigenvalue weighted by Crippen LogP contribution is 2.08. The zero-order valence-corrected chi connectivity index (χ0v) is 11.4. The van der Waals surface area contributed by atoms with Crippen LogP contribution in [0.25, 0.3) is 0 Å². The van der Waals surface area contributed by atoms with E-state index in [-0.39, 0.29) is 12.2 Å². The third-order valence-corrected chi connectivity index (χ3v) is 2.80. The fourth-order valence-electron chi connectivity index (χ4n) is 1.53. The van der Waals surface area contributed by atoms with E-state index in [1.165, 1.54) is 7.05 Å². The molecule has 100 valence electrons. The number of rotatable bonds is 3. The summed E-state index contributed by atoms with van der Waals surface area (Å²) in [5.74, 6) is -0.488. The highest BCUT2D eigenvalue weighted by Gasteiger charge is 2.24. The first kappa shape index (κ1) is 14.4. The molecule has 0 saturated heterocycles. The Bertz CT molecular complexity index is 532. The summed E-state index contributed by atoms with van der Waals surface area (Å²) in [4.78, 5) is 24.0. The van der Waals surface area contributed by atoms with Crippen LogP contribution in [0.1, 0.15) is 35.5 Å². The zero-order valence-electron chi connectivity index (χ0n) is 11.4. The Balaban J connectivity index is 3.26. The Labute approximate surface area is 106 Å². The number of carbonyl (C=O) groups is 1. The summed E-state index contributed by atoms with van der Waals surface area (Å²) in [6.07, 6.45) is 0. The number of amides is 1. The van der Waals surface area contributed by atoms with E-state index in [0.717, 1.165) is 4.68 Å². The monoisotopic (exact) mass is 253 g/mol. The zero-order chi connectivity index (χ0) is 14.1. The van der Waals surface area contributed by atoms with Gasteiger partial charge in [0.2, 0.25) is 0 Å². The van der Waals surface area contributed by atoms with E-state index in [0.29, 0.717) is 11.3 Å². The predicted molar refractivity (Wildman–Crippen MR) is 67.6 cm³/mol. The van der Waals surface area contributed by atoms with E-state index >= 15 is 0 Å². The van der Waals surface area contributed by atoms with Gasteiger partial charge in [-0.1, -0.05) is 0 Å². The van der Waals surface area contributed by atoms with Gasteiger partial charge in [-0.05, 0) is 33.3 Å². The van der Waals surface area contributed by atoms with E-state index in [1.807, 2.05) is 0 Å². The number of aromatic nitrogens is 2. The number of carbonyl (C=O) groups excluding carboxylic acids is 1. The van der Waals surface area contributed by atoms with Crippen LogP contribution in [0.15, 0.2) is 4.79 Å². The van der Waals surface area contributed by atoms with Crippen molar-refractivity contribution in [3.8, 4) is 0 Å². The molecule has 0 radical (unpaired) electrons. The Morgan fingerprint density at radius 2 is 2.00 bits per heavy atom. The molecule has 0 bridgehead atoms. The second-order valence-electron chi connectivity index (χ2n) is 5.01. The van der Waals surface area contributed by atoms with Crippen molar-refractivity contribution < 1.29 is 9.90 Å². The Morgan fingerprint density at radius 1 is 1.44 bits per heavy atom. The molecule has 0 spiro atoms. The largest absolute Gasteiger partial charge is 0.394 e. The molecule has 6 heteroatoms. The molecule has 0 fully saturated rings. The molecule has 1 aromatic rings. The molecule has 1 amide bonds. The molecule has 2 N–H and O–H groups in total. The van der Waals surface area contributed by atoms with Crippen LogP contribution in [0.3, 0.4) is 0 Å². The maximum Gasteiger partial charge on any atom is 0.279 e. The molecule has 0 aliphatic carbocycles. The molecule has 1 rings (SSSR count). The standard InChI is InChI=1S/C12H19N3O3/c1-7-8(2)14-15(5)11(18)9(7)10(17)13-12(3,4)6-16/h16H,6H2,1-5H3,(H,13,17). The maximum atomic E-state index is 12.1. The van der Waals surface area contributed by atoms with Crippen LogP contribution < -0.4 is 10.9 Å². The van der Waals surface area contributed by atoms with Gasteiger partial charge in [0.15, 0.2) is 0 Å². The van der Waals surface area contributed by atoms with Crippen LogP contribution >= 0.6 is 0 Å². The molecular weight excluding hydrogens is 234 g/mol. The summed E-state index contributed by atoms with van der Waals surface area (Å²) in [5, 5.41) is 15.8. The summed E-state index contributed by atoms with van der Waals surface area (Å²) >= 11 is 0. The first-order valence-electron chi connectivity index (χ1n) is 5.67. The van der Waals surface area contributed by atoms with Crippen LogP contribution in [0.5, 0.6) is 0 Å². The molecule has 0 atom stereocenters. The SMILES string of the molecule is Cc1nn(C)c(=O)c(C(=O)NC(C)(C)CO)c1C. The Kier molecular flexibility index (Phi) is 3.91. The van der Waals surface area contributed by atoms with Gasteiger partial charge in [-0.25, -0.2) is 4.68 Å². The fraction of sp³-hybridized carbons (Fsp3) is 0.583. The lowest BCUT2D eigenvalue weighted by molar-refractivity contribution is 0.0866. The van der Waals surface area contributed by atoms with E-state index in [1.54, 1.807) is 27.7 Å². The van der Waals surface area contributed by atoms with Gasteiger partial charge in [-0.15, -0.1) is 0 Å². The molecule has 6 nitrogen and oxygen atoms in total. The number of nitrogens with zero attached hydrogens (tertiary/aromatic N) is 2. The van der Waals surface area contributed by atoms with Gasteiger partial charge in [0.05, 0.1) is 17.8 Å². The third-order valence-electron chi connectivity index (χ3n) is 2.80. The number of nitrogens with one attached hydrogen (secondary N) is 1. The molecule has 0 aromatic carbocycles. The van der Waals surface area contributed by atoms with Gasteiger partial charge in [0.25, 0.3) is 11.5 Å². The number of aryl methyl sites for hydroxylation is 2. The molecule has 0 aliphatic heterocycles. The van der Waals surface area contributed by atoms with Gasteiger partial charge >= 0.3 is 0 Å². The number of hydrogen-bond donors (Lipinski definition) is 2. The summed E-state index contributed by atoms with van der Waals surface area (Å²) in [6.45, 7) is 6.58. The highest BCUT2D eigenvalue weighted by atomic mass is 16.3. The van der Waals surface area contributed by atoms with E-state index in [4.69, 9.17) is 5.11 Å². The lowest BCUT2D eigenvalue weighted by Gasteiger charge is -2.23. The van der Waals surface area contributed by atoms with Gasteiger partial charge < -0.3 is 10.4 Å². The third kappa shape index (κ3) is 2.76. The molecular formula is C12H19N3O3. The summed E-state index contributed by atoms with van der Waals surface area (Å²) in [7, 11) is 1.50. The summed E-state index contributed by atoms with van der Waals surface area (Å²) < 4.78 is 1.14. The summed E-state index contributed by atoms with van der Waals surface area (Å²) in [6, 6.07) is 0. The average molecular weight is 253 g/mol. The molecule has 18 heavy (non-hydrogen) atoms. The lowest BCUT2D eigenvalue weighted by atomic mass is 10.0. The van der Waals surface area contributed by atoms with E-state index < -0.39 is 17.0 Å². The molecule has 0 aliphatic rings. The number of aliphatic hydroxyl groups is 1. The second kappa shape index (κ2) is 4.89. The smallest absolute Gasteiger partial charge is 0.279 e. The van der Waals surface area contributed by atoms with Crippen LogP contribution in [-0.2, 0) is 7.05 Å². The molecule has 0 saturated carbocycles. The predicted octanol–water partition coefficient (Wildman–Crippen LogP) is -0.102. The lowest BCUT2D eigenvalue weighted by Crippen LogP contribution is -2.48. The van der Waals surface area contributed by atoms with Crippen molar-refractivity contribution in [3.05, 3.63) is 27.2 Å². The van der Waals surface area contributed by atoms with Crippen LogP contribution in [0, 0.1) is 13.8 Å².